The van der Waals surface area contributed by atoms with Gasteiger partial charge in [-0.15, -0.1) is 0 Å². The number of benzene rings is 4. The van der Waals surface area contributed by atoms with Crippen LogP contribution in [-0.4, -0.2) is 9.13 Å². The summed E-state index contributed by atoms with van der Waals surface area (Å²) < 4.78 is 4.73. The summed E-state index contributed by atoms with van der Waals surface area (Å²) in [5.74, 6) is 0. The first-order valence-corrected chi connectivity index (χ1v) is 16.2. The fourth-order valence-electron chi connectivity index (χ4n) is 4.69. The second-order valence-electron chi connectivity index (χ2n) is 8.26. The van der Waals surface area contributed by atoms with Gasteiger partial charge in [0.1, 0.15) is 0 Å². The molecule has 41 heavy (non-hydrogen) atoms. The SMILES string of the molecule is CC.CC.CC.CC.CCC.CCn1c2ccccc2c2ccccc21.CCn1c2ccccc2c2ccccc21. The van der Waals surface area contributed by atoms with E-state index in [1.165, 1.54) is 50.0 Å². The number of aromatic nitrogens is 2. The molecule has 6 aromatic rings. The largest absolute Gasteiger partial charge is 0.341 e. The van der Waals surface area contributed by atoms with Crippen molar-refractivity contribution in [3.05, 3.63) is 97.1 Å². The fourth-order valence-corrected chi connectivity index (χ4v) is 4.69. The molecular weight excluding hydrogens is 496 g/mol. The molecule has 2 nitrogen and oxygen atoms in total. The molecule has 0 bridgehead atoms. The lowest BCUT2D eigenvalue weighted by Gasteiger charge is -2.01. The molecule has 0 atom stereocenters. The highest BCUT2D eigenvalue weighted by molar-refractivity contribution is 6.08. The Labute approximate surface area is 252 Å². The van der Waals surface area contributed by atoms with Crippen LogP contribution in [0.3, 0.4) is 0 Å². The maximum Gasteiger partial charge on any atom is 0.0491 e. The first kappa shape index (κ1) is 37.5. The van der Waals surface area contributed by atoms with Gasteiger partial charge < -0.3 is 9.13 Å². The van der Waals surface area contributed by atoms with Crippen molar-refractivity contribution in [2.75, 3.05) is 0 Å². The van der Waals surface area contributed by atoms with Gasteiger partial charge in [-0.2, -0.15) is 0 Å². The van der Waals surface area contributed by atoms with Crippen molar-refractivity contribution < 1.29 is 0 Å². The number of fused-ring (bicyclic) bond motifs is 6. The summed E-state index contributed by atoms with van der Waals surface area (Å²) in [6, 6.07) is 34.4. The van der Waals surface area contributed by atoms with Crippen LogP contribution in [0.4, 0.5) is 0 Å². The third-order valence-electron chi connectivity index (χ3n) is 5.99. The molecule has 6 rings (SSSR count). The van der Waals surface area contributed by atoms with Crippen molar-refractivity contribution in [2.24, 2.45) is 0 Å². The molecule has 2 heteroatoms. The van der Waals surface area contributed by atoms with Crippen LogP contribution in [-0.2, 0) is 13.1 Å². The lowest BCUT2D eigenvalue weighted by molar-refractivity contribution is 0.827. The average molecular weight is 555 g/mol. The van der Waals surface area contributed by atoms with Crippen molar-refractivity contribution in [3.63, 3.8) is 0 Å². The highest BCUT2D eigenvalue weighted by Gasteiger charge is 2.08. The third kappa shape index (κ3) is 9.25. The minimum Gasteiger partial charge on any atom is -0.341 e. The standard InChI is InChI=1S/2C14H13N.C3H8.4C2H6/c2*1-2-15-13-9-5-3-7-11(13)12-8-4-6-10-14(12)15;1-3-2;4*1-2/h2*3-10H,2H2,1H3;3H2,1-2H3;4*1-2H3. The fraction of sp³-hybridized carbons (Fsp3) is 0.385. The lowest BCUT2D eigenvalue weighted by atomic mass is 10.2. The zero-order chi connectivity index (χ0) is 31.2. The van der Waals surface area contributed by atoms with E-state index in [-0.39, 0.29) is 0 Å². The van der Waals surface area contributed by atoms with E-state index in [4.69, 9.17) is 0 Å². The van der Waals surface area contributed by atoms with Crippen molar-refractivity contribution in [2.45, 2.75) is 103 Å². The number of aryl methyl sites for hydroxylation is 2. The molecule has 2 aromatic heterocycles. The average Bonchev–Trinajstić information content (AvgIpc) is 3.58. The summed E-state index contributed by atoms with van der Waals surface area (Å²) in [5, 5.41) is 5.43. The molecule has 0 fully saturated rings. The van der Waals surface area contributed by atoms with E-state index in [9.17, 15) is 0 Å². The Hall–Kier alpha value is -3.52. The van der Waals surface area contributed by atoms with Crippen LogP contribution in [0.2, 0.25) is 0 Å². The van der Waals surface area contributed by atoms with Crippen molar-refractivity contribution in [1.82, 2.24) is 9.13 Å². The summed E-state index contributed by atoms with van der Waals surface area (Å²) in [6.45, 7) is 26.7. The number of rotatable bonds is 2. The van der Waals surface area contributed by atoms with E-state index >= 15 is 0 Å². The summed E-state index contributed by atoms with van der Waals surface area (Å²) in [5.41, 5.74) is 5.34. The maximum atomic E-state index is 2.37. The van der Waals surface area contributed by atoms with Crippen LogP contribution in [0.25, 0.3) is 43.6 Å². The molecule has 224 valence electrons. The molecule has 0 saturated heterocycles. The number of hydrogen-bond donors (Lipinski definition) is 0. The first-order chi connectivity index (χ1) is 20.2. The Morgan fingerprint density at radius 3 is 0.683 bits per heavy atom. The quantitative estimate of drug-likeness (QED) is 0.201. The van der Waals surface area contributed by atoms with Gasteiger partial charge in [0.15, 0.2) is 0 Å². The molecule has 4 aromatic carbocycles. The predicted molar refractivity (Wildman–Crippen MR) is 192 cm³/mol. The monoisotopic (exact) mass is 554 g/mol. The number of para-hydroxylation sites is 4. The second kappa shape index (κ2) is 22.2. The van der Waals surface area contributed by atoms with E-state index in [1.54, 1.807) is 0 Å². The van der Waals surface area contributed by atoms with Gasteiger partial charge in [0.25, 0.3) is 0 Å². The smallest absolute Gasteiger partial charge is 0.0491 e. The summed E-state index contributed by atoms with van der Waals surface area (Å²) in [4.78, 5) is 0. The molecule has 0 aliphatic heterocycles. The Bertz CT molecular complexity index is 1260. The third-order valence-corrected chi connectivity index (χ3v) is 5.99. The van der Waals surface area contributed by atoms with Gasteiger partial charge in [0, 0.05) is 56.7 Å². The number of hydrogen-bond acceptors (Lipinski definition) is 0. The molecule has 0 saturated carbocycles. The van der Waals surface area contributed by atoms with Gasteiger partial charge in [-0.05, 0) is 38.1 Å². The summed E-state index contributed by atoms with van der Waals surface area (Å²) in [7, 11) is 0. The van der Waals surface area contributed by atoms with E-state index in [2.05, 4.69) is 134 Å². The Morgan fingerprint density at radius 2 is 0.512 bits per heavy atom. The zero-order valence-corrected chi connectivity index (χ0v) is 28.3. The normalized spacial score (nSPS) is 9.27. The highest BCUT2D eigenvalue weighted by Crippen LogP contribution is 2.29. The Kier molecular flexibility index (Phi) is 20.3. The molecule has 0 N–H and O–H groups in total. The van der Waals surface area contributed by atoms with E-state index in [1.807, 2.05) is 55.4 Å². The van der Waals surface area contributed by atoms with Crippen LogP contribution < -0.4 is 0 Å². The predicted octanol–water partition coefficient (Wildman–Crippen LogP) is 13.1. The van der Waals surface area contributed by atoms with Gasteiger partial charge in [0.05, 0.1) is 0 Å². The van der Waals surface area contributed by atoms with Gasteiger partial charge in [-0.25, -0.2) is 0 Å². The van der Waals surface area contributed by atoms with E-state index in [0.717, 1.165) is 13.1 Å². The van der Waals surface area contributed by atoms with Crippen molar-refractivity contribution in [3.8, 4) is 0 Å². The van der Waals surface area contributed by atoms with Crippen LogP contribution in [0.15, 0.2) is 97.1 Å². The first-order valence-electron chi connectivity index (χ1n) is 16.2. The molecule has 2 heterocycles. The second-order valence-corrected chi connectivity index (χ2v) is 8.26. The van der Waals surface area contributed by atoms with E-state index < -0.39 is 0 Å². The molecule has 0 aliphatic rings. The van der Waals surface area contributed by atoms with Crippen molar-refractivity contribution >= 4 is 43.6 Å². The Morgan fingerprint density at radius 1 is 0.341 bits per heavy atom. The molecule has 0 aliphatic carbocycles. The van der Waals surface area contributed by atoms with Crippen molar-refractivity contribution in [1.29, 1.82) is 0 Å². The molecule has 0 radical (unpaired) electrons. The number of nitrogens with zero attached hydrogens (tertiary/aromatic N) is 2. The minimum atomic E-state index is 1.02. The zero-order valence-electron chi connectivity index (χ0n) is 28.3. The van der Waals surface area contributed by atoms with Crippen LogP contribution >= 0.6 is 0 Å². The topological polar surface area (TPSA) is 9.86 Å². The summed E-state index contributed by atoms with van der Waals surface area (Å²) in [6.07, 6.45) is 1.25. The summed E-state index contributed by atoms with van der Waals surface area (Å²) >= 11 is 0. The van der Waals surface area contributed by atoms with Gasteiger partial charge in [0.2, 0.25) is 0 Å². The molecule has 0 amide bonds. The van der Waals surface area contributed by atoms with Gasteiger partial charge >= 0.3 is 0 Å². The molecule has 0 unspecified atom stereocenters. The van der Waals surface area contributed by atoms with Gasteiger partial charge in [-0.3, -0.25) is 0 Å². The maximum absolute atomic E-state index is 2.37. The van der Waals surface area contributed by atoms with E-state index in [0.29, 0.717) is 0 Å². The lowest BCUT2D eigenvalue weighted by Crippen LogP contribution is -1.91. The van der Waals surface area contributed by atoms with Crippen LogP contribution in [0, 0.1) is 0 Å². The minimum absolute atomic E-state index is 1.02. The Balaban J connectivity index is 0.000000585. The van der Waals surface area contributed by atoms with Gasteiger partial charge in [-0.1, -0.05) is 148 Å². The highest BCUT2D eigenvalue weighted by atomic mass is 15.0. The van der Waals surface area contributed by atoms with Crippen LogP contribution in [0.5, 0.6) is 0 Å². The molecular formula is C39H58N2. The van der Waals surface area contributed by atoms with Crippen LogP contribution in [0.1, 0.15) is 89.5 Å². The molecule has 0 spiro atoms.